The van der Waals surface area contributed by atoms with Gasteiger partial charge in [0, 0.05) is 19.1 Å². The van der Waals surface area contributed by atoms with Crippen LogP contribution in [-0.2, 0) is 0 Å². The van der Waals surface area contributed by atoms with Crippen LogP contribution < -0.4 is 10.6 Å². The lowest BCUT2D eigenvalue weighted by Crippen LogP contribution is -2.56. The average Bonchev–Trinajstić information content (AvgIpc) is 2.01. The van der Waals surface area contributed by atoms with E-state index in [2.05, 4.69) is 9.97 Å². The first kappa shape index (κ1) is 7.42. The van der Waals surface area contributed by atoms with Gasteiger partial charge in [-0.1, -0.05) is 0 Å². The van der Waals surface area contributed by atoms with E-state index in [9.17, 15) is 4.39 Å². The minimum Gasteiger partial charge on any atom is -0.338 e. The second-order valence-electron chi connectivity index (χ2n) is 2.87. The Labute approximate surface area is 69.2 Å². The quantitative estimate of drug-likeness (QED) is 0.629. The van der Waals surface area contributed by atoms with Gasteiger partial charge in [-0.15, -0.1) is 0 Å². The molecule has 2 heterocycles. The molecule has 2 rings (SSSR count). The van der Waals surface area contributed by atoms with E-state index < -0.39 is 5.82 Å². The number of anilines is 1. The van der Waals surface area contributed by atoms with Gasteiger partial charge in [-0.2, -0.15) is 0 Å². The number of halogens is 1. The van der Waals surface area contributed by atoms with E-state index in [1.807, 2.05) is 4.90 Å². The van der Waals surface area contributed by atoms with Crippen LogP contribution >= 0.6 is 0 Å². The summed E-state index contributed by atoms with van der Waals surface area (Å²) in [6.45, 7) is 1.51. The van der Waals surface area contributed by atoms with Crippen LogP contribution in [0.15, 0.2) is 12.4 Å². The fourth-order valence-electron chi connectivity index (χ4n) is 1.14. The lowest BCUT2D eigenvalue weighted by molar-refractivity contribution is 0.506. The second kappa shape index (κ2) is 2.67. The topological polar surface area (TPSA) is 55.0 Å². The molecule has 1 aliphatic rings. The van der Waals surface area contributed by atoms with Crippen molar-refractivity contribution in [3.63, 3.8) is 0 Å². The highest BCUT2D eigenvalue weighted by Crippen LogP contribution is 2.13. The first-order valence-corrected chi connectivity index (χ1v) is 3.74. The molecule has 1 aliphatic heterocycles. The smallest absolute Gasteiger partial charge is 0.225 e. The predicted molar refractivity (Wildman–Crippen MR) is 42.2 cm³/mol. The van der Waals surface area contributed by atoms with Gasteiger partial charge in [-0.25, -0.2) is 14.4 Å². The summed E-state index contributed by atoms with van der Waals surface area (Å²) in [6.07, 6.45) is 2.32. The van der Waals surface area contributed by atoms with Crippen molar-refractivity contribution >= 4 is 5.95 Å². The molecule has 0 atom stereocenters. The van der Waals surface area contributed by atoms with E-state index in [1.54, 1.807) is 0 Å². The SMILES string of the molecule is NC1CN(c2ncc(F)cn2)C1. The van der Waals surface area contributed by atoms with Gasteiger partial charge in [-0.05, 0) is 0 Å². The van der Waals surface area contributed by atoms with Crippen molar-refractivity contribution in [2.24, 2.45) is 5.73 Å². The Balaban J connectivity index is 2.09. The molecule has 1 fully saturated rings. The summed E-state index contributed by atoms with van der Waals surface area (Å²) in [5.41, 5.74) is 5.56. The third-order valence-corrected chi connectivity index (χ3v) is 1.80. The molecule has 0 radical (unpaired) electrons. The van der Waals surface area contributed by atoms with E-state index in [1.165, 1.54) is 0 Å². The second-order valence-corrected chi connectivity index (χ2v) is 2.87. The summed E-state index contributed by atoms with van der Waals surface area (Å²) in [5, 5.41) is 0. The normalized spacial score (nSPS) is 17.7. The van der Waals surface area contributed by atoms with Crippen molar-refractivity contribution in [1.29, 1.82) is 0 Å². The maximum Gasteiger partial charge on any atom is 0.225 e. The first-order chi connectivity index (χ1) is 5.75. The third kappa shape index (κ3) is 1.23. The molecule has 0 bridgehead atoms. The molecule has 64 valence electrons. The molecule has 0 aromatic carbocycles. The van der Waals surface area contributed by atoms with E-state index in [4.69, 9.17) is 5.73 Å². The van der Waals surface area contributed by atoms with Gasteiger partial charge in [-0.3, -0.25) is 0 Å². The van der Waals surface area contributed by atoms with Crippen molar-refractivity contribution in [3.8, 4) is 0 Å². The maximum atomic E-state index is 12.4. The summed E-state index contributed by atoms with van der Waals surface area (Å²) < 4.78 is 12.4. The summed E-state index contributed by atoms with van der Waals surface area (Å²) in [5.74, 6) is 0.140. The monoisotopic (exact) mass is 168 g/mol. The van der Waals surface area contributed by atoms with Crippen LogP contribution in [0.1, 0.15) is 0 Å². The Bertz CT molecular complexity index is 267. The lowest BCUT2D eigenvalue weighted by Gasteiger charge is -2.36. The predicted octanol–water partition coefficient (Wildman–Crippen LogP) is -0.237. The highest BCUT2D eigenvalue weighted by molar-refractivity contribution is 5.34. The van der Waals surface area contributed by atoms with Gasteiger partial charge < -0.3 is 10.6 Å². The molecule has 0 spiro atoms. The Kier molecular flexibility index (Phi) is 1.65. The molecule has 5 heteroatoms. The highest BCUT2D eigenvalue weighted by atomic mass is 19.1. The van der Waals surface area contributed by atoms with E-state index >= 15 is 0 Å². The number of nitrogens with two attached hydrogens (primary N) is 1. The minimum absolute atomic E-state index is 0.207. The molecule has 0 amide bonds. The fourth-order valence-corrected chi connectivity index (χ4v) is 1.14. The maximum absolute atomic E-state index is 12.4. The zero-order chi connectivity index (χ0) is 8.55. The van der Waals surface area contributed by atoms with Crippen LogP contribution in [0.4, 0.5) is 10.3 Å². The molecule has 12 heavy (non-hydrogen) atoms. The van der Waals surface area contributed by atoms with Gasteiger partial charge in [0.05, 0.1) is 12.4 Å². The zero-order valence-electron chi connectivity index (χ0n) is 6.44. The standard InChI is InChI=1S/C7H9FN4/c8-5-1-10-7(11-2-5)12-3-6(9)4-12/h1-2,6H,3-4,9H2. The van der Waals surface area contributed by atoms with Crippen LogP contribution in [0, 0.1) is 5.82 Å². The highest BCUT2D eigenvalue weighted by Gasteiger charge is 2.24. The fraction of sp³-hybridized carbons (Fsp3) is 0.429. The molecule has 1 aromatic rings. The lowest BCUT2D eigenvalue weighted by atomic mass is 10.1. The number of hydrogen-bond donors (Lipinski definition) is 1. The molecule has 1 aromatic heterocycles. The van der Waals surface area contributed by atoms with Crippen LogP contribution in [0.2, 0.25) is 0 Å². The molecule has 4 nitrogen and oxygen atoms in total. The average molecular weight is 168 g/mol. The van der Waals surface area contributed by atoms with Gasteiger partial charge >= 0.3 is 0 Å². The van der Waals surface area contributed by atoms with Crippen LogP contribution in [-0.4, -0.2) is 29.1 Å². The molecule has 2 N–H and O–H groups in total. The van der Waals surface area contributed by atoms with Crippen molar-refractivity contribution in [2.45, 2.75) is 6.04 Å². The van der Waals surface area contributed by atoms with E-state index in [0.29, 0.717) is 5.95 Å². The summed E-state index contributed by atoms with van der Waals surface area (Å²) in [6, 6.07) is 0.207. The molecule has 0 saturated carbocycles. The van der Waals surface area contributed by atoms with E-state index in [-0.39, 0.29) is 6.04 Å². The Morgan fingerprint density at radius 3 is 2.50 bits per heavy atom. The number of rotatable bonds is 1. The Morgan fingerprint density at radius 1 is 1.42 bits per heavy atom. The van der Waals surface area contributed by atoms with E-state index in [0.717, 1.165) is 25.5 Å². The Hall–Kier alpha value is -1.23. The number of nitrogens with zero attached hydrogens (tertiary/aromatic N) is 3. The summed E-state index contributed by atoms with van der Waals surface area (Å²) in [4.78, 5) is 9.54. The van der Waals surface area contributed by atoms with Crippen LogP contribution in [0.5, 0.6) is 0 Å². The van der Waals surface area contributed by atoms with Gasteiger partial charge in [0.1, 0.15) is 0 Å². The third-order valence-electron chi connectivity index (χ3n) is 1.80. The molecule has 1 saturated heterocycles. The van der Waals surface area contributed by atoms with Crippen molar-refractivity contribution in [1.82, 2.24) is 9.97 Å². The van der Waals surface area contributed by atoms with Crippen LogP contribution in [0.25, 0.3) is 0 Å². The number of aromatic nitrogens is 2. The van der Waals surface area contributed by atoms with Crippen molar-refractivity contribution < 1.29 is 4.39 Å². The van der Waals surface area contributed by atoms with Crippen molar-refractivity contribution in [3.05, 3.63) is 18.2 Å². The Morgan fingerprint density at radius 2 is 2.00 bits per heavy atom. The molecule has 0 unspecified atom stereocenters. The minimum atomic E-state index is -0.413. The summed E-state index contributed by atoms with van der Waals surface area (Å²) >= 11 is 0. The van der Waals surface area contributed by atoms with Crippen molar-refractivity contribution in [2.75, 3.05) is 18.0 Å². The van der Waals surface area contributed by atoms with Gasteiger partial charge in [0.25, 0.3) is 0 Å². The van der Waals surface area contributed by atoms with Gasteiger partial charge in [0.15, 0.2) is 5.82 Å². The van der Waals surface area contributed by atoms with Gasteiger partial charge in [0.2, 0.25) is 5.95 Å². The number of hydrogen-bond acceptors (Lipinski definition) is 4. The molecular weight excluding hydrogens is 159 g/mol. The first-order valence-electron chi connectivity index (χ1n) is 3.74. The largest absolute Gasteiger partial charge is 0.338 e. The zero-order valence-corrected chi connectivity index (χ0v) is 6.44. The molecular formula is C7H9FN4. The molecule has 0 aliphatic carbocycles. The summed E-state index contributed by atoms with van der Waals surface area (Å²) in [7, 11) is 0. The van der Waals surface area contributed by atoms with Crippen LogP contribution in [0.3, 0.4) is 0 Å².